The molecule has 0 spiro atoms. The highest BCUT2D eigenvalue weighted by atomic mass is 16.4. The molecule has 1 fully saturated rings. The summed E-state index contributed by atoms with van der Waals surface area (Å²) in [7, 11) is 0. The predicted octanol–water partition coefficient (Wildman–Crippen LogP) is 1.02. The summed E-state index contributed by atoms with van der Waals surface area (Å²) in [5.74, 6) is 0.0504. The lowest BCUT2D eigenvalue weighted by atomic mass is 9.79. The maximum absolute atomic E-state index is 10.2. The zero-order chi connectivity index (χ0) is 11.8. The van der Waals surface area contributed by atoms with Gasteiger partial charge in [0.15, 0.2) is 0 Å². The van der Waals surface area contributed by atoms with Crippen molar-refractivity contribution in [3.63, 3.8) is 0 Å². The average Bonchev–Trinajstić information content (AvgIpc) is 2.29. The summed E-state index contributed by atoms with van der Waals surface area (Å²) in [5, 5.41) is 20.8. The second kappa shape index (κ2) is 7.41. The molecule has 1 aliphatic rings. The summed E-state index contributed by atoms with van der Waals surface area (Å²) < 4.78 is 0. The first-order chi connectivity index (χ1) is 7.74. The van der Waals surface area contributed by atoms with E-state index in [1.54, 1.807) is 6.08 Å². The Morgan fingerprint density at radius 2 is 2.00 bits per heavy atom. The van der Waals surface area contributed by atoms with Gasteiger partial charge in [-0.25, -0.2) is 4.79 Å². The van der Waals surface area contributed by atoms with Crippen molar-refractivity contribution in [2.75, 3.05) is 19.7 Å². The van der Waals surface area contributed by atoms with Crippen LogP contribution in [0.25, 0.3) is 0 Å². The molecule has 0 aromatic carbocycles. The van der Waals surface area contributed by atoms with Crippen LogP contribution in [0.5, 0.6) is 0 Å². The molecule has 4 heteroatoms. The van der Waals surface area contributed by atoms with Gasteiger partial charge in [0.05, 0.1) is 0 Å². The number of rotatable bonds is 6. The van der Waals surface area contributed by atoms with Gasteiger partial charge in [-0.3, -0.25) is 0 Å². The lowest BCUT2D eigenvalue weighted by Gasteiger charge is -2.30. The molecule has 1 aliphatic carbocycles. The number of hydrogen-bond donors (Lipinski definition) is 3. The van der Waals surface area contributed by atoms with E-state index < -0.39 is 5.97 Å². The fourth-order valence-corrected chi connectivity index (χ4v) is 2.31. The Hall–Kier alpha value is -0.870. The van der Waals surface area contributed by atoms with Gasteiger partial charge in [0, 0.05) is 19.2 Å². The molecule has 0 aliphatic heterocycles. The zero-order valence-electron chi connectivity index (χ0n) is 9.56. The largest absolute Gasteiger partial charge is 0.478 e. The average molecular weight is 227 g/mol. The Labute approximate surface area is 96.4 Å². The maximum atomic E-state index is 10.2. The van der Waals surface area contributed by atoms with Gasteiger partial charge in [-0.15, -0.1) is 0 Å². The van der Waals surface area contributed by atoms with Gasteiger partial charge in [-0.2, -0.15) is 0 Å². The number of aliphatic carboxylic acids is 1. The number of carbonyl (C=O) groups is 1. The molecular formula is C12H21NO3. The van der Waals surface area contributed by atoms with E-state index in [4.69, 9.17) is 5.11 Å². The van der Waals surface area contributed by atoms with Crippen molar-refractivity contribution in [2.24, 2.45) is 11.8 Å². The molecular weight excluding hydrogens is 206 g/mol. The summed E-state index contributed by atoms with van der Waals surface area (Å²) in [6.45, 7) is 1.73. The molecule has 0 heterocycles. The van der Waals surface area contributed by atoms with Gasteiger partial charge in [0.2, 0.25) is 0 Å². The van der Waals surface area contributed by atoms with E-state index in [1.165, 1.54) is 19.3 Å². The number of nitrogens with one attached hydrogen (secondary N) is 1. The number of hydrogen-bond acceptors (Lipinski definition) is 3. The summed E-state index contributed by atoms with van der Waals surface area (Å²) in [6.07, 6.45) is 7.51. The SMILES string of the molecule is O=C(O)/C=C/CNCC1CCCCC1CO. The molecule has 0 aromatic rings. The number of aliphatic hydroxyl groups is 1. The molecule has 0 radical (unpaired) electrons. The molecule has 0 bridgehead atoms. The first-order valence-electron chi connectivity index (χ1n) is 5.95. The van der Waals surface area contributed by atoms with Crippen LogP contribution >= 0.6 is 0 Å². The zero-order valence-corrected chi connectivity index (χ0v) is 9.56. The minimum absolute atomic E-state index is 0.275. The molecule has 2 unspecified atom stereocenters. The molecule has 1 rings (SSSR count). The summed E-state index contributed by atoms with van der Waals surface area (Å²) in [6, 6.07) is 0. The molecule has 0 saturated heterocycles. The normalized spacial score (nSPS) is 26.1. The third kappa shape index (κ3) is 4.77. The van der Waals surface area contributed by atoms with E-state index in [2.05, 4.69) is 5.32 Å². The number of carboxylic acid groups (broad SMARTS) is 1. The summed E-state index contributed by atoms with van der Waals surface area (Å²) >= 11 is 0. The Morgan fingerprint density at radius 3 is 2.62 bits per heavy atom. The van der Waals surface area contributed by atoms with Gasteiger partial charge >= 0.3 is 5.97 Å². The standard InChI is InChI=1S/C12H21NO3/c14-9-11-5-2-1-4-10(11)8-13-7-3-6-12(15)16/h3,6,10-11,13-14H,1-2,4-5,7-9H2,(H,15,16)/b6-3+. The fourth-order valence-electron chi connectivity index (χ4n) is 2.31. The molecule has 92 valence electrons. The topological polar surface area (TPSA) is 69.6 Å². The van der Waals surface area contributed by atoms with Crippen LogP contribution in [0.15, 0.2) is 12.2 Å². The van der Waals surface area contributed by atoms with Crippen molar-refractivity contribution in [1.82, 2.24) is 5.32 Å². The molecule has 0 aromatic heterocycles. The smallest absolute Gasteiger partial charge is 0.328 e. The van der Waals surface area contributed by atoms with Crippen LogP contribution in [0.1, 0.15) is 25.7 Å². The highest BCUT2D eigenvalue weighted by Crippen LogP contribution is 2.28. The Balaban J connectivity index is 2.17. The quantitative estimate of drug-likeness (QED) is 0.468. The second-order valence-corrected chi connectivity index (χ2v) is 4.39. The monoisotopic (exact) mass is 227 g/mol. The fraction of sp³-hybridized carbons (Fsp3) is 0.750. The van der Waals surface area contributed by atoms with E-state index in [9.17, 15) is 9.90 Å². The van der Waals surface area contributed by atoms with Crippen LogP contribution < -0.4 is 5.32 Å². The predicted molar refractivity (Wildman–Crippen MR) is 62.2 cm³/mol. The van der Waals surface area contributed by atoms with E-state index in [0.29, 0.717) is 18.4 Å². The van der Waals surface area contributed by atoms with Crippen LogP contribution in [-0.2, 0) is 4.79 Å². The Morgan fingerprint density at radius 1 is 1.31 bits per heavy atom. The summed E-state index contributed by atoms with van der Waals surface area (Å²) in [4.78, 5) is 10.2. The van der Waals surface area contributed by atoms with E-state index >= 15 is 0 Å². The van der Waals surface area contributed by atoms with Gasteiger partial charge in [-0.1, -0.05) is 18.9 Å². The first-order valence-corrected chi connectivity index (χ1v) is 5.95. The Kier molecular flexibility index (Phi) is 6.11. The minimum Gasteiger partial charge on any atom is -0.478 e. The van der Waals surface area contributed by atoms with Crippen molar-refractivity contribution >= 4 is 5.97 Å². The highest BCUT2D eigenvalue weighted by Gasteiger charge is 2.23. The van der Waals surface area contributed by atoms with Crippen molar-refractivity contribution in [3.05, 3.63) is 12.2 Å². The molecule has 1 saturated carbocycles. The van der Waals surface area contributed by atoms with Gasteiger partial charge < -0.3 is 15.5 Å². The van der Waals surface area contributed by atoms with E-state index in [-0.39, 0.29) is 6.61 Å². The van der Waals surface area contributed by atoms with Gasteiger partial charge in [-0.05, 0) is 31.2 Å². The lowest BCUT2D eigenvalue weighted by Crippen LogP contribution is -2.32. The molecule has 4 nitrogen and oxygen atoms in total. The first kappa shape index (κ1) is 13.2. The molecule has 16 heavy (non-hydrogen) atoms. The molecule has 0 amide bonds. The van der Waals surface area contributed by atoms with Crippen LogP contribution in [0.4, 0.5) is 0 Å². The van der Waals surface area contributed by atoms with Crippen LogP contribution in [-0.4, -0.2) is 35.9 Å². The third-order valence-corrected chi connectivity index (χ3v) is 3.23. The van der Waals surface area contributed by atoms with Crippen LogP contribution in [0.3, 0.4) is 0 Å². The molecule has 3 N–H and O–H groups in total. The van der Waals surface area contributed by atoms with Crippen molar-refractivity contribution < 1.29 is 15.0 Å². The number of carboxylic acids is 1. The minimum atomic E-state index is -0.910. The Bertz CT molecular complexity index is 240. The molecule has 2 atom stereocenters. The van der Waals surface area contributed by atoms with Crippen molar-refractivity contribution in [1.29, 1.82) is 0 Å². The van der Waals surface area contributed by atoms with Gasteiger partial charge in [0.25, 0.3) is 0 Å². The highest BCUT2D eigenvalue weighted by molar-refractivity contribution is 5.79. The van der Waals surface area contributed by atoms with Gasteiger partial charge in [0.1, 0.15) is 0 Å². The third-order valence-electron chi connectivity index (χ3n) is 3.23. The van der Waals surface area contributed by atoms with Crippen molar-refractivity contribution in [3.8, 4) is 0 Å². The lowest BCUT2D eigenvalue weighted by molar-refractivity contribution is -0.131. The second-order valence-electron chi connectivity index (χ2n) is 4.39. The van der Waals surface area contributed by atoms with E-state index in [0.717, 1.165) is 19.0 Å². The van der Waals surface area contributed by atoms with Crippen LogP contribution in [0, 0.1) is 11.8 Å². The van der Waals surface area contributed by atoms with E-state index in [1.807, 2.05) is 0 Å². The van der Waals surface area contributed by atoms with Crippen molar-refractivity contribution in [2.45, 2.75) is 25.7 Å². The number of aliphatic hydroxyl groups excluding tert-OH is 1. The summed E-state index contributed by atoms with van der Waals surface area (Å²) in [5.41, 5.74) is 0. The maximum Gasteiger partial charge on any atom is 0.328 e. The van der Waals surface area contributed by atoms with Crippen LogP contribution in [0.2, 0.25) is 0 Å².